The van der Waals surface area contributed by atoms with Crippen LogP contribution in [0.2, 0.25) is 0 Å². The summed E-state index contributed by atoms with van der Waals surface area (Å²) in [5.41, 5.74) is 0.699. The first-order valence-electron chi connectivity index (χ1n) is 10.1. The fourth-order valence-corrected chi connectivity index (χ4v) is 5.09. The summed E-state index contributed by atoms with van der Waals surface area (Å²) in [4.78, 5) is 26.1. The molecule has 0 atom stereocenters. The van der Waals surface area contributed by atoms with E-state index in [4.69, 9.17) is 0 Å². The van der Waals surface area contributed by atoms with Crippen molar-refractivity contribution >= 4 is 28.8 Å². The number of rotatable bonds is 7. The molecule has 28 heavy (non-hydrogen) atoms. The molecule has 4 nitrogen and oxygen atoms in total. The Kier molecular flexibility index (Phi) is 6.23. The summed E-state index contributed by atoms with van der Waals surface area (Å²) < 4.78 is 0. The molecule has 0 saturated heterocycles. The molecule has 0 radical (unpaired) electrons. The fourth-order valence-electron chi connectivity index (χ4n) is 4.13. The largest absolute Gasteiger partial charge is 0.477 e. The highest BCUT2D eigenvalue weighted by atomic mass is 32.1. The molecule has 1 fully saturated rings. The minimum atomic E-state index is -0.971. The van der Waals surface area contributed by atoms with E-state index in [0.29, 0.717) is 5.69 Å². The Hall–Kier alpha value is -2.14. The SMILES string of the molecule is CCC1CCC(C(=O)C(C)(C)Nc2cc(-c3ccccc3)sc2C(=O)O)CC1. The van der Waals surface area contributed by atoms with Gasteiger partial charge < -0.3 is 10.4 Å². The van der Waals surface area contributed by atoms with Crippen LogP contribution in [0.1, 0.15) is 62.5 Å². The molecule has 0 unspecified atom stereocenters. The second-order valence-corrected chi connectivity index (χ2v) is 9.32. The predicted octanol–water partition coefficient (Wildman–Crippen LogP) is 6.09. The average Bonchev–Trinajstić information content (AvgIpc) is 3.11. The van der Waals surface area contributed by atoms with Gasteiger partial charge in [0, 0.05) is 10.8 Å². The maximum absolute atomic E-state index is 13.2. The van der Waals surface area contributed by atoms with Crippen LogP contribution in [0.5, 0.6) is 0 Å². The molecule has 3 rings (SSSR count). The van der Waals surface area contributed by atoms with Crippen LogP contribution in [0.4, 0.5) is 5.69 Å². The number of anilines is 1. The van der Waals surface area contributed by atoms with Gasteiger partial charge in [-0.05, 0) is 57.1 Å². The number of nitrogens with one attached hydrogen (secondary N) is 1. The second kappa shape index (κ2) is 8.48. The molecule has 0 spiro atoms. The Morgan fingerprint density at radius 1 is 1.14 bits per heavy atom. The number of hydrogen-bond donors (Lipinski definition) is 2. The van der Waals surface area contributed by atoms with Gasteiger partial charge in [0.05, 0.1) is 11.2 Å². The maximum Gasteiger partial charge on any atom is 0.348 e. The second-order valence-electron chi connectivity index (χ2n) is 8.26. The van der Waals surface area contributed by atoms with E-state index in [-0.39, 0.29) is 16.6 Å². The molecule has 0 bridgehead atoms. The zero-order chi connectivity index (χ0) is 20.3. The van der Waals surface area contributed by atoms with Crippen LogP contribution in [0.15, 0.2) is 36.4 Å². The first-order valence-corrected chi connectivity index (χ1v) is 10.9. The Balaban J connectivity index is 1.80. The highest BCUT2D eigenvalue weighted by Crippen LogP contribution is 2.38. The molecule has 1 aromatic heterocycles. The van der Waals surface area contributed by atoms with Crippen LogP contribution in [-0.4, -0.2) is 22.4 Å². The van der Waals surface area contributed by atoms with Crippen molar-refractivity contribution in [2.45, 2.75) is 58.4 Å². The van der Waals surface area contributed by atoms with Gasteiger partial charge in [-0.1, -0.05) is 43.7 Å². The van der Waals surface area contributed by atoms with Crippen LogP contribution in [0.25, 0.3) is 10.4 Å². The van der Waals surface area contributed by atoms with Crippen LogP contribution in [0.3, 0.4) is 0 Å². The molecule has 1 heterocycles. The molecule has 1 aromatic carbocycles. The van der Waals surface area contributed by atoms with E-state index in [1.807, 2.05) is 50.2 Å². The average molecular weight is 400 g/mol. The molecule has 0 amide bonds. The summed E-state index contributed by atoms with van der Waals surface area (Å²) in [7, 11) is 0. The van der Waals surface area contributed by atoms with Crippen LogP contribution in [0, 0.1) is 11.8 Å². The van der Waals surface area contributed by atoms with E-state index < -0.39 is 11.5 Å². The Bertz CT molecular complexity index is 833. The summed E-state index contributed by atoms with van der Waals surface area (Å²) in [6.45, 7) is 5.95. The monoisotopic (exact) mass is 399 g/mol. The third-order valence-electron chi connectivity index (χ3n) is 5.84. The van der Waals surface area contributed by atoms with Gasteiger partial charge in [0.25, 0.3) is 0 Å². The van der Waals surface area contributed by atoms with Gasteiger partial charge in [-0.2, -0.15) is 0 Å². The van der Waals surface area contributed by atoms with Gasteiger partial charge in [-0.15, -0.1) is 11.3 Å². The molecule has 150 valence electrons. The number of carboxylic acids is 1. The van der Waals surface area contributed by atoms with E-state index in [1.165, 1.54) is 17.8 Å². The van der Waals surface area contributed by atoms with Crippen molar-refractivity contribution in [3.05, 3.63) is 41.3 Å². The highest BCUT2D eigenvalue weighted by Gasteiger charge is 2.36. The number of ketones is 1. The third kappa shape index (κ3) is 4.46. The number of benzene rings is 1. The number of thiophene rings is 1. The summed E-state index contributed by atoms with van der Waals surface area (Å²) >= 11 is 1.24. The van der Waals surface area contributed by atoms with Gasteiger partial charge in [-0.25, -0.2) is 4.79 Å². The molecular weight excluding hydrogens is 370 g/mol. The summed E-state index contributed by atoms with van der Waals surface area (Å²) in [5.74, 6) is 0.0158. The van der Waals surface area contributed by atoms with Gasteiger partial charge in [-0.3, -0.25) is 4.79 Å². The minimum absolute atomic E-state index is 0.0609. The number of hydrogen-bond acceptors (Lipinski definition) is 4. The van der Waals surface area contributed by atoms with Crippen molar-refractivity contribution in [3.8, 4) is 10.4 Å². The van der Waals surface area contributed by atoms with E-state index in [1.54, 1.807) is 0 Å². The van der Waals surface area contributed by atoms with E-state index >= 15 is 0 Å². The lowest BCUT2D eigenvalue weighted by molar-refractivity contribution is -0.127. The lowest BCUT2D eigenvalue weighted by atomic mass is 9.75. The molecular formula is C23H29NO3S. The topological polar surface area (TPSA) is 66.4 Å². The third-order valence-corrected chi connectivity index (χ3v) is 7.01. The Morgan fingerprint density at radius 2 is 1.79 bits per heavy atom. The number of carbonyl (C=O) groups is 2. The first-order chi connectivity index (χ1) is 13.3. The molecule has 1 aliphatic rings. The number of Topliss-reactive ketones (excluding diaryl/α,β-unsaturated/α-hetero) is 1. The minimum Gasteiger partial charge on any atom is -0.477 e. The Morgan fingerprint density at radius 3 is 2.36 bits per heavy atom. The first kappa shape index (κ1) is 20.6. The molecule has 5 heteroatoms. The van der Waals surface area contributed by atoms with Crippen molar-refractivity contribution < 1.29 is 14.7 Å². The zero-order valence-electron chi connectivity index (χ0n) is 16.8. The van der Waals surface area contributed by atoms with Crippen LogP contribution >= 0.6 is 11.3 Å². The van der Waals surface area contributed by atoms with Crippen LogP contribution < -0.4 is 5.32 Å². The normalized spacial score (nSPS) is 20.0. The van der Waals surface area contributed by atoms with Crippen molar-refractivity contribution in [2.75, 3.05) is 5.32 Å². The van der Waals surface area contributed by atoms with Gasteiger partial charge in [0.1, 0.15) is 4.88 Å². The van der Waals surface area contributed by atoms with Crippen molar-refractivity contribution in [3.63, 3.8) is 0 Å². The molecule has 2 aromatic rings. The number of carbonyl (C=O) groups excluding carboxylic acids is 1. The van der Waals surface area contributed by atoms with Gasteiger partial charge in [0.15, 0.2) is 5.78 Å². The summed E-state index contributed by atoms with van der Waals surface area (Å²) in [5, 5.41) is 12.9. The van der Waals surface area contributed by atoms with E-state index in [2.05, 4.69) is 12.2 Å². The smallest absolute Gasteiger partial charge is 0.348 e. The summed E-state index contributed by atoms with van der Waals surface area (Å²) in [6, 6.07) is 11.6. The van der Waals surface area contributed by atoms with Crippen molar-refractivity contribution in [2.24, 2.45) is 11.8 Å². The predicted molar refractivity (Wildman–Crippen MR) is 115 cm³/mol. The van der Waals surface area contributed by atoms with Gasteiger partial charge >= 0.3 is 5.97 Å². The van der Waals surface area contributed by atoms with Crippen LogP contribution in [-0.2, 0) is 4.79 Å². The van der Waals surface area contributed by atoms with E-state index in [0.717, 1.165) is 42.0 Å². The van der Waals surface area contributed by atoms with Gasteiger partial charge in [0.2, 0.25) is 0 Å². The van der Waals surface area contributed by atoms with Crippen molar-refractivity contribution in [1.29, 1.82) is 0 Å². The molecule has 2 N–H and O–H groups in total. The lowest BCUT2D eigenvalue weighted by Crippen LogP contribution is -2.45. The fraction of sp³-hybridized carbons (Fsp3) is 0.478. The lowest BCUT2D eigenvalue weighted by Gasteiger charge is -2.34. The zero-order valence-corrected chi connectivity index (χ0v) is 17.6. The maximum atomic E-state index is 13.2. The Labute approximate surface area is 171 Å². The summed E-state index contributed by atoms with van der Waals surface area (Å²) in [6.07, 6.45) is 5.28. The van der Waals surface area contributed by atoms with Crippen molar-refractivity contribution in [1.82, 2.24) is 0 Å². The quantitative estimate of drug-likeness (QED) is 0.591. The molecule has 1 saturated carbocycles. The highest BCUT2D eigenvalue weighted by molar-refractivity contribution is 7.18. The molecule has 1 aliphatic carbocycles. The van der Waals surface area contributed by atoms with E-state index in [9.17, 15) is 14.7 Å². The number of carboxylic acid groups (broad SMARTS) is 1. The number of aromatic carboxylic acids is 1. The standard InChI is InChI=1S/C23H29NO3S/c1-4-15-10-12-17(13-11-15)21(25)23(2,3)24-18-14-19(28-20(18)22(26)27)16-8-6-5-7-9-16/h5-9,14-15,17,24H,4,10-13H2,1-3H3,(H,26,27). The molecule has 0 aliphatic heterocycles.